The summed E-state index contributed by atoms with van der Waals surface area (Å²) in [5.41, 5.74) is 2.50. The van der Waals surface area contributed by atoms with E-state index in [0.717, 1.165) is 25.6 Å². The normalized spacial score (nSPS) is 17.6. The lowest BCUT2D eigenvalue weighted by atomic mass is 10.1. The SMILES string of the molecule is CN=C(NCCN1CCS(=O)(=O)CC1)N(C)Cc1ccc(C)cc1.I. The number of hydrogen-bond acceptors (Lipinski definition) is 4. The van der Waals surface area contributed by atoms with Gasteiger partial charge in [-0.3, -0.25) is 9.89 Å². The van der Waals surface area contributed by atoms with Crippen LogP contribution in [0.4, 0.5) is 0 Å². The molecule has 0 spiro atoms. The second-order valence-corrected chi connectivity index (χ2v) is 8.61. The van der Waals surface area contributed by atoms with Crippen LogP contribution in [-0.2, 0) is 16.4 Å². The molecule has 0 bridgehead atoms. The fraction of sp³-hybridized carbons (Fsp3) is 0.588. The Labute approximate surface area is 168 Å². The summed E-state index contributed by atoms with van der Waals surface area (Å²) in [6.45, 7) is 5.71. The molecule has 0 aliphatic carbocycles. The Balaban J connectivity index is 0.00000312. The summed E-state index contributed by atoms with van der Waals surface area (Å²) in [7, 11) is 0.989. The Morgan fingerprint density at radius 2 is 1.84 bits per heavy atom. The number of benzene rings is 1. The standard InChI is InChI=1S/C17H28N4O2S.HI/c1-15-4-6-16(7-5-15)14-20(3)17(18-2)19-8-9-21-10-12-24(22,23)13-11-21;/h4-7H,8-14H2,1-3H3,(H,18,19);1H. The van der Waals surface area contributed by atoms with Gasteiger partial charge in [-0.25, -0.2) is 8.42 Å². The topological polar surface area (TPSA) is 65.0 Å². The molecule has 0 aromatic heterocycles. The second kappa shape index (κ2) is 10.3. The number of aryl methyl sites for hydroxylation is 1. The van der Waals surface area contributed by atoms with Gasteiger partial charge in [0.15, 0.2) is 15.8 Å². The van der Waals surface area contributed by atoms with Crippen molar-refractivity contribution >= 4 is 39.8 Å². The van der Waals surface area contributed by atoms with Gasteiger partial charge in [0.05, 0.1) is 11.5 Å². The first-order valence-electron chi connectivity index (χ1n) is 8.30. The lowest BCUT2D eigenvalue weighted by Crippen LogP contribution is -2.46. The maximum atomic E-state index is 11.4. The first kappa shape index (κ1) is 22.2. The smallest absolute Gasteiger partial charge is 0.193 e. The van der Waals surface area contributed by atoms with Crippen LogP contribution in [0.2, 0.25) is 0 Å². The van der Waals surface area contributed by atoms with E-state index in [-0.39, 0.29) is 35.5 Å². The van der Waals surface area contributed by atoms with Crippen LogP contribution in [0, 0.1) is 6.92 Å². The quantitative estimate of drug-likeness (QED) is 0.392. The van der Waals surface area contributed by atoms with E-state index in [1.165, 1.54) is 11.1 Å². The minimum absolute atomic E-state index is 0. The van der Waals surface area contributed by atoms with Crippen molar-refractivity contribution in [3.05, 3.63) is 35.4 Å². The largest absolute Gasteiger partial charge is 0.355 e. The average Bonchev–Trinajstić information content (AvgIpc) is 2.55. The summed E-state index contributed by atoms with van der Waals surface area (Å²) < 4.78 is 22.9. The highest BCUT2D eigenvalue weighted by atomic mass is 127. The molecule has 1 aliphatic heterocycles. The number of hydrogen-bond donors (Lipinski definition) is 1. The van der Waals surface area contributed by atoms with E-state index < -0.39 is 9.84 Å². The monoisotopic (exact) mass is 480 g/mol. The van der Waals surface area contributed by atoms with Gasteiger partial charge in [0, 0.05) is 46.8 Å². The molecular weight excluding hydrogens is 451 g/mol. The zero-order valence-electron chi connectivity index (χ0n) is 15.2. The van der Waals surface area contributed by atoms with Crippen LogP contribution in [0.5, 0.6) is 0 Å². The first-order valence-corrected chi connectivity index (χ1v) is 10.1. The van der Waals surface area contributed by atoms with Crippen molar-refractivity contribution in [1.29, 1.82) is 0 Å². The third-order valence-corrected chi connectivity index (χ3v) is 5.87. The highest BCUT2D eigenvalue weighted by Gasteiger charge is 2.21. The zero-order valence-corrected chi connectivity index (χ0v) is 18.4. The highest BCUT2D eigenvalue weighted by molar-refractivity contribution is 14.0. The summed E-state index contributed by atoms with van der Waals surface area (Å²) in [6.07, 6.45) is 0. The molecule has 1 heterocycles. The molecular formula is C17H29IN4O2S. The number of aliphatic imine (C=N–C) groups is 1. The van der Waals surface area contributed by atoms with Crippen molar-refractivity contribution in [2.24, 2.45) is 4.99 Å². The average molecular weight is 480 g/mol. The third kappa shape index (κ3) is 7.49. The highest BCUT2D eigenvalue weighted by Crippen LogP contribution is 2.06. The predicted octanol–water partition coefficient (Wildman–Crippen LogP) is 1.35. The summed E-state index contributed by atoms with van der Waals surface area (Å²) in [6, 6.07) is 8.49. The Morgan fingerprint density at radius 3 is 2.40 bits per heavy atom. The molecule has 8 heteroatoms. The van der Waals surface area contributed by atoms with Crippen LogP contribution < -0.4 is 5.32 Å². The van der Waals surface area contributed by atoms with Crippen LogP contribution in [0.25, 0.3) is 0 Å². The van der Waals surface area contributed by atoms with Gasteiger partial charge in [-0.05, 0) is 12.5 Å². The summed E-state index contributed by atoms with van der Waals surface area (Å²) >= 11 is 0. The van der Waals surface area contributed by atoms with Crippen molar-refractivity contribution < 1.29 is 8.42 Å². The van der Waals surface area contributed by atoms with E-state index in [0.29, 0.717) is 13.1 Å². The minimum atomic E-state index is -2.81. The van der Waals surface area contributed by atoms with E-state index in [9.17, 15) is 8.42 Å². The number of sulfone groups is 1. The minimum Gasteiger partial charge on any atom is -0.355 e. The van der Waals surface area contributed by atoms with Gasteiger partial charge in [0.25, 0.3) is 0 Å². The Bertz CT molecular complexity index is 648. The molecule has 142 valence electrons. The van der Waals surface area contributed by atoms with Crippen LogP contribution in [0.3, 0.4) is 0 Å². The number of halogens is 1. The van der Waals surface area contributed by atoms with E-state index >= 15 is 0 Å². The van der Waals surface area contributed by atoms with Gasteiger partial charge >= 0.3 is 0 Å². The summed E-state index contributed by atoms with van der Waals surface area (Å²) in [4.78, 5) is 8.59. The second-order valence-electron chi connectivity index (χ2n) is 6.31. The molecule has 2 rings (SSSR count). The molecule has 1 aliphatic rings. The molecule has 0 unspecified atom stereocenters. The molecule has 1 fully saturated rings. The zero-order chi connectivity index (χ0) is 17.6. The number of nitrogens with zero attached hydrogens (tertiary/aromatic N) is 3. The fourth-order valence-corrected chi connectivity index (χ4v) is 4.00. The van der Waals surface area contributed by atoms with Crippen molar-refractivity contribution in [2.45, 2.75) is 13.5 Å². The lowest BCUT2D eigenvalue weighted by molar-refractivity contribution is 0.298. The number of nitrogens with one attached hydrogen (secondary N) is 1. The molecule has 6 nitrogen and oxygen atoms in total. The van der Waals surface area contributed by atoms with Crippen molar-refractivity contribution in [2.75, 3.05) is 51.8 Å². The molecule has 1 saturated heterocycles. The van der Waals surface area contributed by atoms with Gasteiger partial charge in [-0.2, -0.15) is 0 Å². The van der Waals surface area contributed by atoms with E-state index in [4.69, 9.17) is 0 Å². The molecule has 1 aromatic rings. The van der Waals surface area contributed by atoms with Crippen LogP contribution in [0.15, 0.2) is 29.3 Å². The van der Waals surface area contributed by atoms with Gasteiger partial charge in [0.1, 0.15) is 0 Å². The fourth-order valence-electron chi connectivity index (χ4n) is 2.73. The Morgan fingerprint density at radius 1 is 1.24 bits per heavy atom. The Hall–Kier alpha value is -0.870. The van der Waals surface area contributed by atoms with Gasteiger partial charge < -0.3 is 10.2 Å². The molecule has 0 saturated carbocycles. The predicted molar refractivity (Wildman–Crippen MR) is 115 cm³/mol. The Kier molecular flexibility index (Phi) is 9.15. The van der Waals surface area contributed by atoms with E-state index in [2.05, 4.69) is 51.3 Å². The molecule has 0 amide bonds. The molecule has 25 heavy (non-hydrogen) atoms. The summed E-state index contributed by atoms with van der Waals surface area (Å²) in [5.74, 6) is 1.39. The number of guanidine groups is 1. The van der Waals surface area contributed by atoms with Crippen molar-refractivity contribution in [3.8, 4) is 0 Å². The lowest BCUT2D eigenvalue weighted by Gasteiger charge is -2.28. The molecule has 0 atom stereocenters. The number of rotatable bonds is 5. The van der Waals surface area contributed by atoms with E-state index in [1.54, 1.807) is 7.05 Å². The molecule has 1 aromatic carbocycles. The van der Waals surface area contributed by atoms with Crippen LogP contribution >= 0.6 is 24.0 Å². The van der Waals surface area contributed by atoms with E-state index in [1.807, 2.05) is 7.05 Å². The van der Waals surface area contributed by atoms with Crippen molar-refractivity contribution in [1.82, 2.24) is 15.1 Å². The van der Waals surface area contributed by atoms with Gasteiger partial charge in [-0.1, -0.05) is 29.8 Å². The molecule has 0 radical (unpaired) electrons. The maximum absolute atomic E-state index is 11.4. The van der Waals surface area contributed by atoms with Crippen LogP contribution in [0.1, 0.15) is 11.1 Å². The van der Waals surface area contributed by atoms with Gasteiger partial charge in [-0.15, -0.1) is 24.0 Å². The molecule has 1 N–H and O–H groups in total. The maximum Gasteiger partial charge on any atom is 0.193 e. The van der Waals surface area contributed by atoms with Gasteiger partial charge in [0.2, 0.25) is 0 Å². The van der Waals surface area contributed by atoms with Crippen LogP contribution in [-0.4, -0.2) is 76.0 Å². The summed E-state index contributed by atoms with van der Waals surface area (Å²) in [5, 5.41) is 3.35. The van der Waals surface area contributed by atoms with Crippen molar-refractivity contribution in [3.63, 3.8) is 0 Å². The third-order valence-electron chi connectivity index (χ3n) is 4.26. The first-order chi connectivity index (χ1) is 11.4.